The van der Waals surface area contributed by atoms with Gasteiger partial charge in [0.1, 0.15) is 5.75 Å². The van der Waals surface area contributed by atoms with Gasteiger partial charge in [-0.25, -0.2) is 0 Å². The molecule has 0 bridgehead atoms. The van der Waals surface area contributed by atoms with Crippen molar-refractivity contribution in [2.24, 2.45) is 0 Å². The number of aryl methyl sites for hydroxylation is 1. The second-order valence-corrected chi connectivity index (χ2v) is 5.11. The van der Waals surface area contributed by atoms with Gasteiger partial charge in [0.05, 0.1) is 24.5 Å². The van der Waals surface area contributed by atoms with Crippen molar-refractivity contribution in [3.8, 4) is 5.75 Å². The van der Waals surface area contributed by atoms with Crippen LogP contribution in [0.25, 0.3) is 10.9 Å². The summed E-state index contributed by atoms with van der Waals surface area (Å²) in [6.45, 7) is 1.96. The highest BCUT2D eigenvalue weighted by atomic mass is 16.5. The number of benzene rings is 2. The number of amides is 1. The minimum atomic E-state index is -0.140. The smallest absolute Gasteiger partial charge is 0.255 e. The van der Waals surface area contributed by atoms with Gasteiger partial charge >= 0.3 is 0 Å². The molecular weight excluding hydrogens is 276 g/mol. The van der Waals surface area contributed by atoms with E-state index in [0.717, 1.165) is 22.2 Å². The quantitative estimate of drug-likeness (QED) is 0.798. The highest BCUT2D eigenvalue weighted by molar-refractivity contribution is 6.05. The average molecular weight is 292 g/mol. The van der Waals surface area contributed by atoms with E-state index in [2.05, 4.69) is 10.3 Å². The number of nitrogens with zero attached hydrogens (tertiary/aromatic N) is 1. The van der Waals surface area contributed by atoms with Gasteiger partial charge in [0, 0.05) is 17.0 Å². The summed E-state index contributed by atoms with van der Waals surface area (Å²) in [5, 5.41) is 3.82. The molecule has 1 N–H and O–H groups in total. The first-order valence-corrected chi connectivity index (χ1v) is 6.97. The third-order valence-electron chi connectivity index (χ3n) is 3.43. The molecule has 1 amide bonds. The van der Waals surface area contributed by atoms with Crippen LogP contribution in [-0.2, 0) is 0 Å². The summed E-state index contributed by atoms with van der Waals surface area (Å²) in [6.07, 6.45) is 1.65. The van der Waals surface area contributed by atoms with Gasteiger partial charge in [-0.15, -0.1) is 0 Å². The molecule has 0 spiro atoms. The normalized spacial score (nSPS) is 10.5. The van der Waals surface area contributed by atoms with Crippen molar-refractivity contribution in [2.45, 2.75) is 6.92 Å². The van der Waals surface area contributed by atoms with E-state index in [-0.39, 0.29) is 5.91 Å². The Morgan fingerprint density at radius 2 is 2.00 bits per heavy atom. The van der Waals surface area contributed by atoms with Crippen LogP contribution in [0.3, 0.4) is 0 Å². The van der Waals surface area contributed by atoms with E-state index in [1.54, 1.807) is 19.4 Å². The molecule has 0 aliphatic rings. The topological polar surface area (TPSA) is 51.2 Å². The number of ether oxygens (including phenoxy) is 1. The molecular formula is C18H16N2O2. The molecule has 0 aliphatic carbocycles. The Kier molecular flexibility index (Phi) is 3.74. The van der Waals surface area contributed by atoms with Crippen LogP contribution in [-0.4, -0.2) is 18.0 Å². The van der Waals surface area contributed by atoms with E-state index < -0.39 is 0 Å². The zero-order valence-corrected chi connectivity index (χ0v) is 12.5. The van der Waals surface area contributed by atoms with E-state index in [9.17, 15) is 4.79 Å². The van der Waals surface area contributed by atoms with Gasteiger partial charge in [0.2, 0.25) is 0 Å². The Morgan fingerprint density at radius 3 is 2.77 bits per heavy atom. The molecule has 3 aromatic rings. The molecule has 0 atom stereocenters. The Bertz CT molecular complexity index is 843. The highest BCUT2D eigenvalue weighted by Gasteiger charge is 2.07. The number of pyridine rings is 1. The molecule has 0 radical (unpaired) electrons. The van der Waals surface area contributed by atoms with Crippen molar-refractivity contribution in [3.05, 3.63) is 65.9 Å². The predicted molar refractivity (Wildman–Crippen MR) is 87.4 cm³/mol. The fourth-order valence-electron chi connectivity index (χ4n) is 2.29. The number of aromatic nitrogens is 1. The molecule has 4 heteroatoms. The number of carbonyl (C=O) groups excluding carboxylic acids is 1. The summed E-state index contributed by atoms with van der Waals surface area (Å²) < 4.78 is 5.18. The van der Waals surface area contributed by atoms with Gasteiger partial charge < -0.3 is 10.1 Å². The second kappa shape index (κ2) is 5.85. The maximum Gasteiger partial charge on any atom is 0.255 e. The maximum absolute atomic E-state index is 12.2. The zero-order chi connectivity index (χ0) is 15.5. The first-order valence-electron chi connectivity index (χ1n) is 6.97. The average Bonchev–Trinajstić information content (AvgIpc) is 2.54. The lowest BCUT2D eigenvalue weighted by atomic mass is 10.1. The van der Waals surface area contributed by atoms with Crippen molar-refractivity contribution in [1.82, 2.24) is 4.98 Å². The second-order valence-electron chi connectivity index (χ2n) is 5.11. The summed E-state index contributed by atoms with van der Waals surface area (Å²) in [5.41, 5.74) is 3.18. The van der Waals surface area contributed by atoms with E-state index in [1.807, 2.05) is 49.4 Å². The lowest BCUT2D eigenvalue weighted by molar-refractivity contribution is 0.102. The molecule has 22 heavy (non-hydrogen) atoms. The fraction of sp³-hybridized carbons (Fsp3) is 0.111. The number of hydrogen-bond donors (Lipinski definition) is 1. The number of fused-ring (bicyclic) bond motifs is 1. The number of methoxy groups -OCH3 is 1. The third kappa shape index (κ3) is 2.91. The SMILES string of the molecule is COc1ccc2cc(NC(=O)c3cccc(C)c3)cnc2c1. The minimum Gasteiger partial charge on any atom is -0.497 e. The molecule has 0 fully saturated rings. The summed E-state index contributed by atoms with van der Waals surface area (Å²) in [5.74, 6) is 0.620. The maximum atomic E-state index is 12.2. The summed E-state index contributed by atoms with van der Waals surface area (Å²) in [6, 6.07) is 15.0. The third-order valence-corrected chi connectivity index (χ3v) is 3.43. The summed E-state index contributed by atoms with van der Waals surface area (Å²) in [7, 11) is 1.62. The van der Waals surface area contributed by atoms with Gasteiger partial charge in [-0.3, -0.25) is 9.78 Å². The van der Waals surface area contributed by atoms with Crippen LogP contribution in [0.2, 0.25) is 0 Å². The number of rotatable bonds is 3. The van der Waals surface area contributed by atoms with Crippen LogP contribution in [0.4, 0.5) is 5.69 Å². The van der Waals surface area contributed by atoms with Crippen molar-refractivity contribution in [3.63, 3.8) is 0 Å². The van der Waals surface area contributed by atoms with Gasteiger partial charge in [0.25, 0.3) is 5.91 Å². The molecule has 0 saturated carbocycles. The molecule has 0 unspecified atom stereocenters. The van der Waals surface area contributed by atoms with E-state index in [1.165, 1.54) is 0 Å². The Hall–Kier alpha value is -2.88. The van der Waals surface area contributed by atoms with E-state index in [0.29, 0.717) is 11.3 Å². The molecule has 4 nitrogen and oxygen atoms in total. The lowest BCUT2D eigenvalue weighted by Crippen LogP contribution is -2.12. The predicted octanol–water partition coefficient (Wildman–Crippen LogP) is 3.80. The molecule has 1 heterocycles. The molecule has 2 aromatic carbocycles. The van der Waals surface area contributed by atoms with Crippen LogP contribution in [0, 0.1) is 6.92 Å². The Labute approximate surface area is 128 Å². The first-order chi connectivity index (χ1) is 10.7. The van der Waals surface area contributed by atoms with Crippen molar-refractivity contribution < 1.29 is 9.53 Å². The zero-order valence-electron chi connectivity index (χ0n) is 12.5. The molecule has 0 saturated heterocycles. The van der Waals surface area contributed by atoms with Crippen LogP contribution < -0.4 is 10.1 Å². The molecule has 3 rings (SSSR count). The largest absolute Gasteiger partial charge is 0.497 e. The minimum absolute atomic E-state index is 0.140. The number of anilines is 1. The van der Waals surface area contributed by atoms with Crippen LogP contribution in [0.1, 0.15) is 15.9 Å². The number of nitrogens with one attached hydrogen (secondary N) is 1. The van der Waals surface area contributed by atoms with Crippen molar-refractivity contribution in [2.75, 3.05) is 12.4 Å². The Balaban J connectivity index is 1.86. The standard InChI is InChI=1S/C18H16N2O2/c1-12-4-3-5-14(8-12)18(21)20-15-9-13-6-7-16(22-2)10-17(13)19-11-15/h3-11H,1-2H3,(H,20,21). The lowest BCUT2D eigenvalue weighted by Gasteiger charge is -2.07. The van der Waals surface area contributed by atoms with Gasteiger partial charge in [-0.2, -0.15) is 0 Å². The summed E-state index contributed by atoms with van der Waals surface area (Å²) >= 11 is 0. The van der Waals surface area contributed by atoms with E-state index >= 15 is 0 Å². The number of carbonyl (C=O) groups is 1. The summed E-state index contributed by atoms with van der Waals surface area (Å²) in [4.78, 5) is 16.6. The van der Waals surface area contributed by atoms with Crippen LogP contribution in [0.5, 0.6) is 5.75 Å². The number of hydrogen-bond acceptors (Lipinski definition) is 3. The molecule has 0 aliphatic heterocycles. The van der Waals surface area contributed by atoms with E-state index in [4.69, 9.17) is 4.74 Å². The fourth-order valence-corrected chi connectivity index (χ4v) is 2.29. The van der Waals surface area contributed by atoms with Crippen LogP contribution >= 0.6 is 0 Å². The highest BCUT2D eigenvalue weighted by Crippen LogP contribution is 2.22. The monoisotopic (exact) mass is 292 g/mol. The first kappa shape index (κ1) is 14.1. The van der Waals surface area contributed by atoms with Crippen LogP contribution in [0.15, 0.2) is 54.7 Å². The Morgan fingerprint density at radius 1 is 1.14 bits per heavy atom. The van der Waals surface area contributed by atoms with Crippen molar-refractivity contribution >= 4 is 22.5 Å². The van der Waals surface area contributed by atoms with Crippen molar-refractivity contribution in [1.29, 1.82) is 0 Å². The van der Waals surface area contributed by atoms with Gasteiger partial charge in [-0.1, -0.05) is 17.7 Å². The van der Waals surface area contributed by atoms with Gasteiger partial charge in [-0.05, 0) is 37.3 Å². The molecule has 1 aromatic heterocycles. The van der Waals surface area contributed by atoms with Gasteiger partial charge in [0.15, 0.2) is 0 Å². The molecule has 110 valence electrons.